The number of nitrogens with one attached hydrogen (secondary N) is 1. The van der Waals surface area contributed by atoms with E-state index in [2.05, 4.69) is 16.3 Å². The highest BCUT2D eigenvalue weighted by molar-refractivity contribution is 6.05. The molecule has 2 fully saturated rings. The van der Waals surface area contributed by atoms with E-state index in [-0.39, 0.29) is 17.9 Å². The van der Waals surface area contributed by atoms with Crippen molar-refractivity contribution in [1.82, 2.24) is 15.2 Å². The molecule has 43 heavy (non-hydrogen) atoms. The Balaban J connectivity index is 1.12. The maximum absolute atomic E-state index is 12.3. The molecule has 1 aromatic heterocycles. The van der Waals surface area contributed by atoms with E-state index >= 15 is 0 Å². The SMILES string of the molecule is NC(=O)c1ccc(C2CCN(Cc3cccc(N4CCC(=O)NC4=O)c3)CC2)nc1-c1ccc(Oc2ccccc2)cc1. The zero-order valence-electron chi connectivity index (χ0n) is 23.7. The first-order chi connectivity index (χ1) is 20.9. The Hall–Kier alpha value is -5.02. The van der Waals surface area contributed by atoms with E-state index in [0.717, 1.165) is 60.7 Å². The second kappa shape index (κ2) is 12.5. The summed E-state index contributed by atoms with van der Waals surface area (Å²) in [6.07, 6.45) is 2.17. The Kier molecular flexibility index (Phi) is 8.15. The fourth-order valence-electron chi connectivity index (χ4n) is 5.70. The van der Waals surface area contributed by atoms with Crippen LogP contribution in [0.2, 0.25) is 0 Å². The number of amides is 4. The van der Waals surface area contributed by atoms with Crippen LogP contribution in [0.15, 0.2) is 91.0 Å². The lowest BCUT2D eigenvalue weighted by Gasteiger charge is -2.32. The molecule has 2 aliphatic rings. The summed E-state index contributed by atoms with van der Waals surface area (Å²) >= 11 is 0. The molecular weight excluding hydrogens is 542 g/mol. The summed E-state index contributed by atoms with van der Waals surface area (Å²) < 4.78 is 5.92. The molecule has 218 valence electrons. The van der Waals surface area contributed by atoms with Crippen LogP contribution in [0.5, 0.6) is 11.5 Å². The lowest BCUT2D eigenvalue weighted by atomic mass is 9.91. The van der Waals surface area contributed by atoms with E-state index in [1.54, 1.807) is 11.0 Å². The molecule has 0 aliphatic carbocycles. The molecule has 3 N–H and O–H groups in total. The van der Waals surface area contributed by atoms with Crippen LogP contribution in [0.3, 0.4) is 0 Å². The lowest BCUT2D eigenvalue weighted by molar-refractivity contribution is -0.120. The quantitative estimate of drug-likeness (QED) is 0.288. The van der Waals surface area contributed by atoms with Crippen molar-refractivity contribution in [2.75, 3.05) is 24.5 Å². The summed E-state index contributed by atoms with van der Waals surface area (Å²) in [5.74, 6) is 0.957. The first kappa shape index (κ1) is 28.1. The highest BCUT2D eigenvalue weighted by Gasteiger charge is 2.26. The van der Waals surface area contributed by atoms with Gasteiger partial charge in [0.15, 0.2) is 0 Å². The Morgan fingerprint density at radius 1 is 0.884 bits per heavy atom. The maximum Gasteiger partial charge on any atom is 0.328 e. The van der Waals surface area contributed by atoms with Gasteiger partial charge >= 0.3 is 6.03 Å². The van der Waals surface area contributed by atoms with Crippen molar-refractivity contribution in [3.8, 4) is 22.8 Å². The number of hydrogen-bond donors (Lipinski definition) is 2. The van der Waals surface area contributed by atoms with Gasteiger partial charge in [0.2, 0.25) is 5.91 Å². The number of primary amides is 1. The number of carbonyl (C=O) groups is 3. The van der Waals surface area contributed by atoms with Gasteiger partial charge in [-0.15, -0.1) is 0 Å². The number of nitrogens with two attached hydrogens (primary N) is 1. The third-order valence-corrected chi connectivity index (χ3v) is 7.98. The fourth-order valence-corrected chi connectivity index (χ4v) is 5.70. The van der Waals surface area contributed by atoms with Crippen molar-refractivity contribution < 1.29 is 19.1 Å². The van der Waals surface area contributed by atoms with Crippen LogP contribution in [0, 0.1) is 0 Å². The van der Waals surface area contributed by atoms with Gasteiger partial charge in [-0.05, 0) is 92.2 Å². The van der Waals surface area contributed by atoms with E-state index in [4.69, 9.17) is 15.5 Å². The van der Waals surface area contributed by atoms with Crippen molar-refractivity contribution >= 4 is 23.5 Å². The van der Waals surface area contributed by atoms with Gasteiger partial charge in [0.1, 0.15) is 11.5 Å². The number of urea groups is 1. The average Bonchev–Trinajstić information content (AvgIpc) is 3.02. The summed E-state index contributed by atoms with van der Waals surface area (Å²) in [6.45, 7) is 2.95. The van der Waals surface area contributed by atoms with E-state index < -0.39 is 5.91 Å². The van der Waals surface area contributed by atoms with Crippen LogP contribution in [-0.4, -0.2) is 47.4 Å². The van der Waals surface area contributed by atoms with Crippen LogP contribution >= 0.6 is 0 Å². The highest BCUT2D eigenvalue weighted by atomic mass is 16.5. The molecule has 6 rings (SSSR count). The van der Waals surface area contributed by atoms with Crippen molar-refractivity contribution in [3.63, 3.8) is 0 Å². The van der Waals surface area contributed by atoms with Crippen molar-refractivity contribution in [2.45, 2.75) is 31.7 Å². The predicted octanol–water partition coefficient (Wildman–Crippen LogP) is 5.47. The minimum Gasteiger partial charge on any atom is -0.457 e. The Bertz CT molecular complexity index is 1630. The molecule has 2 saturated heterocycles. The van der Waals surface area contributed by atoms with E-state index in [9.17, 15) is 14.4 Å². The molecule has 9 nitrogen and oxygen atoms in total. The number of hydrogen-bond acceptors (Lipinski definition) is 6. The number of rotatable bonds is 8. The normalized spacial score (nSPS) is 16.1. The number of pyridine rings is 1. The van der Waals surface area contributed by atoms with E-state index in [1.165, 1.54) is 0 Å². The first-order valence-corrected chi connectivity index (χ1v) is 14.5. The Morgan fingerprint density at radius 3 is 2.35 bits per heavy atom. The number of benzene rings is 3. The number of likely N-dealkylation sites (tertiary alicyclic amines) is 1. The minimum absolute atomic E-state index is 0.238. The first-order valence-electron chi connectivity index (χ1n) is 14.5. The Labute approximate surface area is 250 Å². The molecule has 4 amide bonds. The van der Waals surface area contributed by atoms with Crippen LogP contribution in [0.25, 0.3) is 11.3 Å². The predicted molar refractivity (Wildman–Crippen MR) is 164 cm³/mol. The van der Waals surface area contributed by atoms with Crippen LogP contribution in [0.4, 0.5) is 10.5 Å². The molecule has 0 atom stereocenters. The molecule has 9 heteroatoms. The summed E-state index contributed by atoms with van der Waals surface area (Å²) in [4.78, 5) is 45.0. The minimum atomic E-state index is -0.510. The van der Waals surface area contributed by atoms with Gasteiger partial charge in [-0.1, -0.05) is 30.3 Å². The molecule has 3 heterocycles. The summed E-state index contributed by atoms with van der Waals surface area (Å²) in [7, 11) is 0. The van der Waals surface area contributed by atoms with Gasteiger partial charge in [0.25, 0.3) is 5.91 Å². The maximum atomic E-state index is 12.3. The average molecular weight is 576 g/mol. The summed E-state index contributed by atoms with van der Waals surface area (Å²) in [5, 5.41) is 2.38. The fraction of sp³-hybridized carbons (Fsp3) is 0.235. The molecule has 0 saturated carbocycles. The summed E-state index contributed by atoms with van der Waals surface area (Å²) in [5.41, 5.74) is 10.4. The van der Waals surface area contributed by atoms with Gasteiger partial charge in [-0.2, -0.15) is 0 Å². The molecular formula is C34H33N5O4. The molecule has 0 radical (unpaired) electrons. The van der Waals surface area contributed by atoms with Gasteiger partial charge in [0.05, 0.1) is 11.3 Å². The van der Waals surface area contributed by atoms with Crippen molar-refractivity contribution in [2.24, 2.45) is 5.73 Å². The standard InChI is InChI=1S/C34H33N5O4/c35-33(41)29-13-14-30(36-32(29)25-9-11-28(12-10-25)43-27-7-2-1-3-8-27)24-15-18-38(19-16-24)22-23-5-4-6-26(21-23)39-20-17-31(40)37-34(39)42/h1-14,21,24H,15-20,22H2,(H2,35,41)(H,37,40,42). The number of piperidine rings is 1. The largest absolute Gasteiger partial charge is 0.457 e. The summed E-state index contributed by atoms with van der Waals surface area (Å²) in [6, 6.07) is 28.4. The van der Waals surface area contributed by atoms with Gasteiger partial charge < -0.3 is 10.5 Å². The third-order valence-electron chi connectivity index (χ3n) is 7.98. The molecule has 0 spiro atoms. The number of para-hydroxylation sites is 1. The second-order valence-corrected chi connectivity index (χ2v) is 10.9. The molecule has 2 aliphatic heterocycles. The number of aromatic nitrogens is 1. The molecule has 3 aromatic carbocycles. The zero-order valence-corrected chi connectivity index (χ0v) is 23.7. The number of anilines is 1. The van der Waals surface area contributed by atoms with E-state index in [0.29, 0.717) is 30.0 Å². The monoisotopic (exact) mass is 575 g/mol. The smallest absolute Gasteiger partial charge is 0.328 e. The molecule has 0 bridgehead atoms. The second-order valence-electron chi connectivity index (χ2n) is 10.9. The van der Waals surface area contributed by atoms with Crippen LogP contribution < -0.4 is 20.7 Å². The van der Waals surface area contributed by atoms with Crippen LogP contribution in [-0.2, 0) is 11.3 Å². The molecule has 4 aromatic rings. The number of imide groups is 1. The third kappa shape index (κ3) is 6.57. The Morgan fingerprint density at radius 2 is 1.63 bits per heavy atom. The topological polar surface area (TPSA) is 118 Å². The molecule has 0 unspecified atom stereocenters. The van der Waals surface area contributed by atoms with Crippen molar-refractivity contribution in [1.29, 1.82) is 0 Å². The van der Waals surface area contributed by atoms with Crippen LogP contribution in [0.1, 0.15) is 46.8 Å². The zero-order chi connectivity index (χ0) is 29.8. The highest BCUT2D eigenvalue weighted by Crippen LogP contribution is 2.32. The van der Waals surface area contributed by atoms with E-state index in [1.807, 2.05) is 78.9 Å². The number of ether oxygens (including phenoxy) is 1. The number of carbonyl (C=O) groups excluding carboxylic acids is 3. The van der Waals surface area contributed by atoms with Crippen molar-refractivity contribution in [3.05, 3.63) is 108 Å². The number of nitrogens with zero attached hydrogens (tertiary/aromatic N) is 3. The van der Waals surface area contributed by atoms with Gasteiger partial charge in [-0.3, -0.25) is 29.7 Å². The van der Waals surface area contributed by atoms with Gasteiger partial charge in [-0.25, -0.2) is 4.79 Å². The lowest BCUT2D eigenvalue weighted by Crippen LogP contribution is -2.49. The van der Waals surface area contributed by atoms with Gasteiger partial charge in [0, 0.05) is 42.4 Å².